The predicted molar refractivity (Wildman–Crippen MR) is 84.5 cm³/mol. The topological polar surface area (TPSA) is 53.7 Å². The van der Waals surface area contributed by atoms with Crippen LogP contribution in [-0.2, 0) is 0 Å². The van der Waals surface area contributed by atoms with Crippen LogP contribution < -0.4 is 4.74 Å². The molecular formula is C16H13N3OS. The van der Waals surface area contributed by atoms with E-state index in [0.717, 1.165) is 28.0 Å². The average molecular weight is 295 g/mol. The standard InChI is InChI=1S/C16H13N3OS/c1-10-3-4-11(9-17)7-15(10)19-14-6-5-12(20-2)8-13(14)18-16(19)21/h3-8H,1-2H3,(H,18,21). The molecule has 104 valence electrons. The van der Waals surface area contributed by atoms with Crippen molar-refractivity contribution >= 4 is 23.3 Å². The fraction of sp³-hybridized carbons (Fsp3) is 0.125. The van der Waals surface area contributed by atoms with Crippen molar-refractivity contribution in [3.05, 3.63) is 52.3 Å². The molecule has 0 bridgehead atoms. The first-order valence-electron chi connectivity index (χ1n) is 6.44. The van der Waals surface area contributed by atoms with E-state index in [1.165, 1.54) is 0 Å². The largest absolute Gasteiger partial charge is 0.497 e. The second kappa shape index (κ2) is 5.08. The van der Waals surface area contributed by atoms with Crippen LogP contribution in [0.3, 0.4) is 0 Å². The van der Waals surface area contributed by atoms with Gasteiger partial charge in [0, 0.05) is 6.07 Å². The van der Waals surface area contributed by atoms with Gasteiger partial charge in [-0.1, -0.05) is 6.07 Å². The van der Waals surface area contributed by atoms with Gasteiger partial charge < -0.3 is 9.72 Å². The van der Waals surface area contributed by atoms with E-state index in [4.69, 9.17) is 22.2 Å². The van der Waals surface area contributed by atoms with E-state index >= 15 is 0 Å². The third-order valence-electron chi connectivity index (χ3n) is 3.47. The smallest absolute Gasteiger partial charge is 0.182 e. The summed E-state index contributed by atoms with van der Waals surface area (Å²) >= 11 is 5.44. The lowest BCUT2D eigenvalue weighted by molar-refractivity contribution is 0.415. The number of hydrogen-bond acceptors (Lipinski definition) is 3. The van der Waals surface area contributed by atoms with Gasteiger partial charge in [-0.15, -0.1) is 0 Å². The molecule has 0 aliphatic carbocycles. The van der Waals surface area contributed by atoms with Gasteiger partial charge in [-0.05, 0) is 49.0 Å². The monoisotopic (exact) mass is 295 g/mol. The highest BCUT2D eigenvalue weighted by molar-refractivity contribution is 7.71. The molecule has 0 amide bonds. The Morgan fingerprint density at radius 3 is 2.76 bits per heavy atom. The number of methoxy groups -OCH3 is 1. The SMILES string of the molecule is COc1ccc2c(c1)[nH]c(=S)n2-c1cc(C#N)ccc1C. The summed E-state index contributed by atoms with van der Waals surface area (Å²) in [7, 11) is 1.63. The van der Waals surface area contributed by atoms with Gasteiger partial charge in [0.25, 0.3) is 0 Å². The van der Waals surface area contributed by atoms with E-state index in [0.29, 0.717) is 10.3 Å². The predicted octanol–water partition coefficient (Wildman–Crippen LogP) is 3.88. The number of nitrogens with zero attached hydrogens (tertiary/aromatic N) is 2. The molecule has 0 aliphatic heterocycles. The van der Waals surface area contributed by atoms with Crippen LogP contribution in [0.25, 0.3) is 16.7 Å². The van der Waals surface area contributed by atoms with Crippen molar-refractivity contribution in [3.63, 3.8) is 0 Å². The summed E-state index contributed by atoms with van der Waals surface area (Å²) in [6.07, 6.45) is 0. The summed E-state index contributed by atoms with van der Waals surface area (Å²) in [5, 5.41) is 9.09. The molecule has 3 rings (SSSR count). The average Bonchev–Trinajstić information content (AvgIpc) is 2.82. The molecule has 0 fully saturated rings. The molecular weight excluding hydrogens is 282 g/mol. The Balaban J connectivity index is 2.33. The molecule has 3 aromatic rings. The summed E-state index contributed by atoms with van der Waals surface area (Å²) in [5.41, 5.74) is 4.44. The van der Waals surface area contributed by atoms with Gasteiger partial charge in [-0.3, -0.25) is 4.57 Å². The Morgan fingerprint density at radius 2 is 2.05 bits per heavy atom. The summed E-state index contributed by atoms with van der Waals surface area (Å²) in [6.45, 7) is 2.00. The Hall–Kier alpha value is -2.58. The molecule has 0 spiro atoms. The normalized spacial score (nSPS) is 10.5. The first-order chi connectivity index (χ1) is 10.1. The first kappa shape index (κ1) is 13.4. The molecule has 1 heterocycles. The van der Waals surface area contributed by atoms with Gasteiger partial charge in [0.2, 0.25) is 0 Å². The lowest BCUT2D eigenvalue weighted by Gasteiger charge is -2.09. The number of hydrogen-bond donors (Lipinski definition) is 1. The third kappa shape index (κ3) is 2.20. The zero-order chi connectivity index (χ0) is 15.0. The minimum Gasteiger partial charge on any atom is -0.497 e. The van der Waals surface area contributed by atoms with Crippen molar-refractivity contribution in [2.45, 2.75) is 6.92 Å². The van der Waals surface area contributed by atoms with Crippen LogP contribution >= 0.6 is 12.2 Å². The maximum atomic E-state index is 9.09. The van der Waals surface area contributed by atoms with Crippen molar-refractivity contribution in [1.29, 1.82) is 5.26 Å². The van der Waals surface area contributed by atoms with Gasteiger partial charge >= 0.3 is 0 Å². The van der Waals surface area contributed by atoms with E-state index in [9.17, 15) is 0 Å². The number of rotatable bonds is 2. The van der Waals surface area contributed by atoms with E-state index in [1.54, 1.807) is 13.2 Å². The van der Waals surface area contributed by atoms with E-state index < -0.39 is 0 Å². The summed E-state index contributed by atoms with van der Waals surface area (Å²) in [4.78, 5) is 3.18. The maximum absolute atomic E-state index is 9.09. The number of aryl methyl sites for hydroxylation is 1. The molecule has 0 saturated heterocycles. The van der Waals surface area contributed by atoms with Gasteiger partial charge in [0.05, 0.1) is 35.5 Å². The zero-order valence-corrected chi connectivity index (χ0v) is 12.5. The van der Waals surface area contributed by atoms with E-state index in [-0.39, 0.29) is 0 Å². The third-order valence-corrected chi connectivity index (χ3v) is 3.75. The number of nitrogens with one attached hydrogen (secondary N) is 1. The number of nitriles is 1. The molecule has 0 atom stereocenters. The maximum Gasteiger partial charge on any atom is 0.182 e. The molecule has 0 aliphatic rings. The minimum absolute atomic E-state index is 0.594. The summed E-state index contributed by atoms with van der Waals surface area (Å²) < 4.78 is 7.77. The van der Waals surface area contributed by atoms with Crippen LogP contribution in [0, 0.1) is 23.0 Å². The molecule has 4 nitrogen and oxygen atoms in total. The number of imidazole rings is 1. The highest BCUT2D eigenvalue weighted by Gasteiger charge is 2.10. The molecule has 21 heavy (non-hydrogen) atoms. The van der Waals surface area contributed by atoms with E-state index in [2.05, 4.69) is 11.1 Å². The number of aromatic nitrogens is 2. The molecule has 1 N–H and O–H groups in total. The highest BCUT2D eigenvalue weighted by atomic mass is 32.1. The Labute approximate surface area is 127 Å². The Bertz CT molecular complexity index is 931. The summed E-state index contributed by atoms with van der Waals surface area (Å²) in [5.74, 6) is 0.772. The lowest BCUT2D eigenvalue weighted by atomic mass is 10.1. The van der Waals surface area contributed by atoms with Crippen LogP contribution in [0.15, 0.2) is 36.4 Å². The number of fused-ring (bicyclic) bond motifs is 1. The van der Waals surface area contributed by atoms with Gasteiger partial charge in [0.15, 0.2) is 4.77 Å². The van der Waals surface area contributed by atoms with Crippen molar-refractivity contribution in [1.82, 2.24) is 9.55 Å². The molecule has 0 radical (unpaired) electrons. The Kier molecular flexibility index (Phi) is 3.24. The first-order valence-corrected chi connectivity index (χ1v) is 6.85. The van der Waals surface area contributed by atoms with Crippen LogP contribution in [0.1, 0.15) is 11.1 Å². The lowest BCUT2D eigenvalue weighted by Crippen LogP contribution is -1.98. The van der Waals surface area contributed by atoms with Crippen molar-refractivity contribution in [3.8, 4) is 17.5 Å². The quantitative estimate of drug-likeness (QED) is 0.730. The van der Waals surface area contributed by atoms with E-state index in [1.807, 2.05) is 41.8 Å². The van der Waals surface area contributed by atoms with Crippen molar-refractivity contribution in [2.24, 2.45) is 0 Å². The number of H-pyrrole nitrogens is 1. The van der Waals surface area contributed by atoms with Gasteiger partial charge in [-0.25, -0.2) is 0 Å². The van der Waals surface area contributed by atoms with Crippen molar-refractivity contribution in [2.75, 3.05) is 7.11 Å². The van der Waals surface area contributed by atoms with Crippen LogP contribution in [0.2, 0.25) is 0 Å². The summed E-state index contributed by atoms with van der Waals surface area (Å²) in [6, 6.07) is 13.5. The molecule has 0 unspecified atom stereocenters. The van der Waals surface area contributed by atoms with Crippen molar-refractivity contribution < 1.29 is 4.74 Å². The molecule has 2 aromatic carbocycles. The second-order valence-electron chi connectivity index (χ2n) is 4.76. The highest BCUT2D eigenvalue weighted by Crippen LogP contribution is 2.25. The van der Waals surface area contributed by atoms with Crippen LogP contribution in [0.5, 0.6) is 5.75 Å². The van der Waals surface area contributed by atoms with Gasteiger partial charge in [-0.2, -0.15) is 5.26 Å². The molecule has 0 saturated carbocycles. The minimum atomic E-state index is 0.594. The fourth-order valence-corrected chi connectivity index (χ4v) is 2.68. The number of benzene rings is 2. The zero-order valence-electron chi connectivity index (χ0n) is 11.7. The second-order valence-corrected chi connectivity index (χ2v) is 5.15. The van der Waals surface area contributed by atoms with Crippen LogP contribution in [-0.4, -0.2) is 16.7 Å². The van der Waals surface area contributed by atoms with Crippen LogP contribution in [0.4, 0.5) is 0 Å². The number of aromatic amines is 1. The number of ether oxygens (including phenoxy) is 1. The molecule has 5 heteroatoms. The Morgan fingerprint density at radius 1 is 1.24 bits per heavy atom. The fourth-order valence-electron chi connectivity index (χ4n) is 2.38. The molecule has 1 aromatic heterocycles. The van der Waals surface area contributed by atoms with Gasteiger partial charge in [0.1, 0.15) is 5.75 Å².